The minimum absolute atomic E-state index is 0.215. The number of rotatable bonds is 5. The molecule has 4 N–H and O–H groups in total. The number of nitrogens with zero attached hydrogens (tertiary/aromatic N) is 4. The van der Waals surface area contributed by atoms with Crippen LogP contribution in [-0.2, 0) is 4.74 Å². The summed E-state index contributed by atoms with van der Waals surface area (Å²) in [6.45, 7) is 7.28. The van der Waals surface area contributed by atoms with E-state index in [4.69, 9.17) is 15.2 Å². The van der Waals surface area contributed by atoms with Crippen LogP contribution in [0.1, 0.15) is 33.6 Å². The summed E-state index contributed by atoms with van der Waals surface area (Å²) in [5, 5.41) is 16.7. The zero-order chi connectivity index (χ0) is 24.5. The molecule has 1 fully saturated rings. The predicted molar refractivity (Wildman–Crippen MR) is 131 cm³/mol. The largest absolute Gasteiger partial charge is 0.495 e. The zero-order valence-corrected chi connectivity index (χ0v) is 20.0. The van der Waals surface area contributed by atoms with Crippen LogP contribution in [0, 0.1) is 5.92 Å². The van der Waals surface area contributed by atoms with Gasteiger partial charge in [0, 0.05) is 25.3 Å². The first-order valence-corrected chi connectivity index (χ1v) is 11.4. The van der Waals surface area contributed by atoms with E-state index in [0.29, 0.717) is 28.7 Å². The second-order valence-corrected chi connectivity index (χ2v) is 9.48. The Labute approximate surface area is 198 Å². The van der Waals surface area contributed by atoms with Crippen molar-refractivity contribution in [1.29, 1.82) is 0 Å². The monoisotopic (exact) mass is 468 g/mol. The molecule has 1 aliphatic rings. The molecule has 0 aliphatic carbocycles. The minimum atomic E-state index is -0.609. The van der Waals surface area contributed by atoms with Crippen molar-refractivity contribution in [1.82, 2.24) is 14.6 Å². The van der Waals surface area contributed by atoms with E-state index >= 15 is 0 Å². The number of aromatic nitrogens is 3. The Morgan fingerprint density at radius 3 is 2.65 bits per heavy atom. The first-order valence-electron chi connectivity index (χ1n) is 11.4. The minimum Gasteiger partial charge on any atom is -0.495 e. The van der Waals surface area contributed by atoms with Gasteiger partial charge < -0.3 is 25.2 Å². The molecule has 0 unspecified atom stereocenters. The quantitative estimate of drug-likeness (QED) is 0.519. The first-order chi connectivity index (χ1) is 16.2. The van der Waals surface area contributed by atoms with Crippen LogP contribution >= 0.6 is 0 Å². The Bertz CT molecular complexity index is 1180. The molecule has 1 saturated heterocycles. The number of hydrogen-bond donors (Lipinski definition) is 3. The van der Waals surface area contributed by atoms with Gasteiger partial charge in [0.2, 0.25) is 0 Å². The van der Waals surface area contributed by atoms with E-state index in [-0.39, 0.29) is 6.61 Å². The molecule has 1 aromatic carbocycles. The van der Waals surface area contributed by atoms with Crippen LogP contribution in [0.3, 0.4) is 0 Å². The summed E-state index contributed by atoms with van der Waals surface area (Å²) in [6, 6.07) is 7.55. The maximum absolute atomic E-state index is 12.2. The van der Waals surface area contributed by atoms with Gasteiger partial charge in [-0.3, -0.25) is 5.32 Å². The maximum Gasteiger partial charge on any atom is 0.412 e. The van der Waals surface area contributed by atoms with Gasteiger partial charge >= 0.3 is 6.09 Å². The molecular formula is C24H32N6O4. The highest BCUT2D eigenvalue weighted by Crippen LogP contribution is 2.38. The number of carbonyl (C=O) groups excluding carboxylic acids is 1. The lowest BCUT2D eigenvalue weighted by atomic mass is 9.98. The average molecular weight is 469 g/mol. The van der Waals surface area contributed by atoms with Crippen LogP contribution in [-0.4, -0.2) is 58.2 Å². The fourth-order valence-electron chi connectivity index (χ4n) is 4.22. The number of piperidine rings is 1. The van der Waals surface area contributed by atoms with Crippen molar-refractivity contribution in [3.05, 3.63) is 30.6 Å². The number of carbonyl (C=O) groups is 1. The topological polar surface area (TPSA) is 127 Å². The van der Waals surface area contributed by atoms with Gasteiger partial charge in [-0.05, 0) is 63.3 Å². The van der Waals surface area contributed by atoms with Gasteiger partial charge in [0.05, 0.1) is 12.8 Å². The van der Waals surface area contributed by atoms with Crippen LogP contribution in [0.15, 0.2) is 30.6 Å². The van der Waals surface area contributed by atoms with Gasteiger partial charge in [0.1, 0.15) is 29.0 Å². The van der Waals surface area contributed by atoms with Crippen LogP contribution in [0.4, 0.5) is 22.1 Å². The third kappa shape index (κ3) is 4.86. The Kier molecular flexibility index (Phi) is 6.52. The number of aliphatic hydroxyl groups excluding tert-OH is 1. The number of nitrogen functional groups attached to an aromatic ring is 1. The van der Waals surface area contributed by atoms with Gasteiger partial charge in [0.25, 0.3) is 0 Å². The van der Waals surface area contributed by atoms with Crippen LogP contribution in [0.25, 0.3) is 16.6 Å². The van der Waals surface area contributed by atoms with Crippen molar-refractivity contribution in [3.63, 3.8) is 0 Å². The number of anilines is 3. The molecule has 3 heterocycles. The van der Waals surface area contributed by atoms with E-state index in [2.05, 4.69) is 26.4 Å². The molecule has 1 amide bonds. The number of amides is 1. The van der Waals surface area contributed by atoms with Crippen LogP contribution < -0.4 is 20.7 Å². The number of nitrogens with one attached hydrogen (secondary N) is 1. The first kappa shape index (κ1) is 23.6. The van der Waals surface area contributed by atoms with Crippen LogP contribution in [0.2, 0.25) is 0 Å². The second-order valence-electron chi connectivity index (χ2n) is 9.48. The molecule has 34 heavy (non-hydrogen) atoms. The normalized spacial score (nSPS) is 14.9. The molecule has 10 heteroatoms. The highest BCUT2D eigenvalue weighted by Gasteiger charge is 2.24. The number of benzene rings is 1. The van der Waals surface area contributed by atoms with E-state index in [1.807, 2.05) is 16.6 Å². The third-order valence-corrected chi connectivity index (χ3v) is 5.91. The molecule has 4 rings (SSSR count). The summed E-state index contributed by atoms with van der Waals surface area (Å²) < 4.78 is 12.7. The van der Waals surface area contributed by atoms with Gasteiger partial charge in [-0.1, -0.05) is 6.07 Å². The van der Waals surface area contributed by atoms with Gasteiger partial charge in [-0.15, -0.1) is 0 Å². The Morgan fingerprint density at radius 2 is 2.00 bits per heavy atom. The number of methoxy groups -OCH3 is 1. The summed E-state index contributed by atoms with van der Waals surface area (Å²) >= 11 is 0. The van der Waals surface area contributed by atoms with Crippen molar-refractivity contribution < 1.29 is 19.4 Å². The molecule has 0 spiro atoms. The van der Waals surface area contributed by atoms with E-state index in [1.165, 1.54) is 6.33 Å². The van der Waals surface area contributed by atoms with Crippen molar-refractivity contribution in [2.75, 3.05) is 42.8 Å². The molecular weight excluding hydrogens is 436 g/mol. The lowest BCUT2D eigenvalue weighted by molar-refractivity contribution is 0.0635. The number of nitrogens with two attached hydrogens (primary N) is 1. The second kappa shape index (κ2) is 9.38. The summed E-state index contributed by atoms with van der Waals surface area (Å²) in [7, 11) is 1.55. The van der Waals surface area contributed by atoms with Gasteiger partial charge in [-0.25, -0.2) is 14.3 Å². The van der Waals surface area contributed by atoms with E-state index in [1.54, 1.807) is 33.9 Å². The third-order valence-electron chi connectivity index (χ3n) is 5.91. The van der Waals surface area contributed by atoms with Crippen molar-refractivity contribution in [3.8, 4) is 16.9 Å². The SMILES string of the molecule is COc1cc(-c2cc(N3CCC(CO)CC3)n3ncnc(N)c23)ccc1NC(=O)OC(C)(C)C. The highest BCUT2D eigenvalue weighted by atomic mass is 16.6. The lowest BCUT2D eigenvalue weighted by Crippen LogP contribution is -2.35. The molecule has 2 aromatic heterocycles. The number of aliphatic hydroxyl groups is 1. The van der Waals surface area contributed by atoms with E-state index < -0.39 is 11.7 Å². The standard InChI is InChI=1S/C24H32N6O4/c1-24(2,3)34-23(32)28-18-6-5-16(11-19(18)33-4)17-12-20(29-9-7-15(13-31)8-10-29)30-21(17)22(25)26-14-27-30/h5-6,11-12,14-15,31H,7-10,13H2,1-4H3,(H,28,32)(H2,25,26,27). The Hall–Kier alpha value is -3.53. The number of fused-ring (bicyclic) bond motifs is 1. The summed E-state index contributed by atoms with van der Waals surface area (Å²) in [5.41, 5.74) is 8.58. The smallest absolute Gasteiger partial charge is 0.412 e. The summed E-state index contributed by atoms with van der Waals surface area (Å²) in [5.74, 6) is 2.11. The highest BCUT2D eigenvalue weighted by molar-refractivity contribution is 5.93. The Morgan fingerprint density at radius 1 is 1.26 bits per heavy atom. The number of hydrogen-bond acceptors (Lipinski definition) is 8. The maximum atomic E-state index is 12.2. The zero-order valence-electron chi connectivity index (χ0n) is 20.0. The molecule has 0 atom stereocenters. The molecule has 0 bridgehead atoms. The fourth-order valence-corrected chi connectivity index (χ4v) is 4.22. The lowest BCUT2D eigenvalue weighted by Gasteiger charge is -2.32. The average Bonchev–Trinajstić information content (AvgIpc) is 3.19. The van der Waals surface area contributed by atoms with Crippen molar-refractivity contribution in [2.24, 2.45) is 5.92 Å². The summed E-state index contributed by atoms with van der Waals surface area (Å²) in [6.07, 6.45) is 2.72. The number of ether oxygens (including phenoxy) is 2. The molecule has 1 aliphatic heterocycles. The van der Waals surface area contributed by atoms with Crippen molar-refractivity contribution in [2.45, 2.75) is 39.2 Å². The summed E-state index contributed by atoms with van der Waals surface area (Å²) in [4.78, 5) is 18.7. The van der Waals surface area contributed by atoms with E-state index in [0.717, 1.165) is 42.9 Å². The fraction of sp³-hybridized carbons (Fsp3) is 0.458. The molecule has 0 saturated carbocycles. The molecule has 3 aromatic rings. The molecule has 182 valence electrons. The molecule has 0 radical (unpaired) electrons. The predicted octanol–water partition coefficient (Wildman–Crippen LogP) is 3.54. The van der Waals surface area contributed by atoms with Crippen molar-refractivity contribution >= 4 is 28.9 Å². The van der Waals surface area contributed by atoms with Gasteiger partial charge in [0.15, 0.2) is 5.82 Å². The van der Waals surface area contributed by atoms with Crippen LogP contribution in [0.5, 0.6) is 5.75 Å². The van der Waals surface area contributed by atoms with E-state index in [9.17, 15) is 9.90 Å². The molecule has 10 nitrogen and oxygen atoms in total. The Balaban J connectivity index is 1.70. The van der Waals surface area contributed by atoms with Gasteiger partial charge in [-0.2, -0.15) is 5.10 Å².